The third-order valence-corrected chi connectivity index (χ3v) is 6.20. The molecule has 2 fully saturated rings. The van der Waals surface area contributed by atoms with Crippen LogP contribution in [-0.2, 0) is 24.4 Å². The molecule has 2 saturated heterocycles. The molecule has 0 radical (unpaired) electrons. The van der Waals surface area contributed by atoms with Gasteiger partial charge >= 0.3 is 0 Å². The molecule has 1 N–H and O–H groups in total. The summed E-state index contributed by atoms with van der Waals surface area (Å²) in [6.45, 7) is 10.3. The van der Waals surface area contributed by atoms with Crippen LogP contribution in [0.15, 0.2) is 59.6 Å². The number of carbonyl (C=O) groups excluding carboxylic acids is 1. The van der Waals surface area contributed by atoms with Crippen LogP contribution < -0.4 is 5.32 Å². The topological polar surface area (TPSA) is 51.2 Å². The molecule has 0 saturated carbocycles. The number of piperazine rings is 1. The van der Waals surface area contributed by atoms with Crippen molar-refractivity contribution in [2.75, 3.05) is 39.3 Å². The summed E-state index contributed by atoms with van der Waals surface area (Å²) in [5, 5.41) is 3.47. The SMILES string of the molecule is CCNC(=NCc1cccc(CN2CCCC2=O)c1)N1CCN(Cc2ccccc2)CC1. The van der Waals surface area contributed by atoms with Crippen molar-refractivity contribution in [2.24, 2.45) is 4.99 Å². The van der Waals surface area contributed by atoms with E-state index in [-0.39, 0.29) is 5.91 Å². The summed E-state index contributed by atoms with van der Waals surface area (Å²) in [7, 11) is 0. The molecule has 1 amide bonds. The molecule has 0 bridgehead atoms. The smallest absolute Gasteiger partial charge is 0.222 e. The van der Waals surface area contributed by atoms with Crippen molar-refractivity contribution in [2.45, 2.75) is 39.4 Å². The summed E-state index contributed by atoms with van der Waals surface area (Å²) in [5.74, 6) is 1.27. The van der Waals surface area contributed by atoms with Gasteiger partial charge in [0.1, 0.15) is 0 Å². The number of nitrogens with one attached hydrogen (secondary N) is 1. The zero-order valence-electron chi connectivity index (χ0n) is 19.2. The summed E-state index contributed by atoms with van der Waals surface area (Å²) in [4.78, 5) is 23.7. The molecular formula is C26H35N5O. The van der Waals surface area contributed by atoms with Crippen LogP contribution in [0.3, 0.4) is 0 Å². The lowest BCUT2D eigenvalue weighted by molar-refractivity contribution is -0.128. The van der Waals surface area contributed by atoms with Crippen LogP contribution in [-0.4, -0.2) is 65.8 Å². The lowest BCUT2D eigenvalue weighted by Crippen LogP contribution is -2.52. The van der Waals surface area contributed by atoms with Crippen molar-refractivity contribution in [3.63, 3.8) is 0 Å². The molecule has 2 aliphatic heterocycles. The van der Waals surface area contributed by atoms with Gasteiger partial charge in [0.25, 0.3) is 0 Å². The zero-order chi connectivity index (χ0) is 22.2. The van der Waals surface area contributed by atoms with E-state index in [1.54, 1.807) is 0 Å². The second-order valence-corrected chi connectivity index (χ2v) is 8.66. The number of nitrogens with zero attached hydrogens (tertiary/aromatic N) is 4. The van der Waals surface area contributed by atoms with Gasteiger partial charge in [0.15, 0.2) is 5.96 Å². The fourth-order valence-electron chi connectivity index (χ4n) is 4.47. The number of guanidine groups is 1. The summed E-state index contributed by atoms with van der Waals surface area (Å²) in [5.41, 5.74) is 3.75. The Kier molecular flexibility index (Phi) is 7.77. The Labute approximate surface area is 191 Å². The van der Waals surface area contributed by atoms with Gasteiger partial charge in [0, 0.05) is 58.8 Å². The highest BCUT2D eigenvalue weighted by molar-refractivity contribution is 5.80. The third-order valence-electron chi connectivity index (χ3n) is 6.20. The number of amides is 1. The zero-order valence-corrected chi connectivity index (χ0v) is 19.2. The number of hydrogen-bond acceptors (Lipinski definition) is 3. The fourth-order valence-corrected chi connectivity index (χ4v) is 4.47. The first-order valence-corrected chi connectivity index (χ1v) is 11.9. The number of carbonyl (C=O) groups is 1. The quantitative estimate of drug-likeness (QED) is 0.539. The van der Waals surface area contributed by atoms with E-state index < -0.39 is 0 Å². The van der Waals surface area contributed by atoms with E-state index in [1.807, 2.05) is 4.90 Å². The number of aliphatic imine (C=N–C) groups is 1. The van der Waals surface area contributed by atoms with E-state index in [1.165, 1.54) is 16.7 Å². The molecule has 170 valence electrons. The first-order chi connectivity index (χ1) is 15.7. The highest BCUT2D eigenvalue weighted by Crippen LogP contribution is 2.16. The first-order valence-electron chi connectivity index (χ1n) is 11.9. The van der Waals surface area contributed by atoms with Gasteiger partial charge in [0.2, 0.25) is 5.91 Å². The molecule has 2 aromatic rings. The Balaban J connectivity index is 1.33. The minimum absolute atomic E-state index is 0.272. The van der Waals surface area contributed by atoms with Crippen molar-refractivity contribution < 1.29 is 4.79 Å². The second-order valence-electron chi connectivity index (χ2n) is 8.66. The molecule has 2 aliphatic rings. The molecule has 6 nitrogen and oxygen atoms in total. The van der Waals surface area contributed by atoms with Crippen LogP contribution in [0.5, 0.6) is 0 Å². The molecule has 0 aliphatic carbocycles. The van der Waals surface area contributed by atoms with Crippen LogP contribution in [0, 0.1) is 0 Å². The van der Waals surface area contributed by atoms with Crippen molar-refractivity contribution in [1.29, 1.82) is 0 Å². The predicted octanol–water partition coefficient (Wildman–Crippen LogP) is 3.09. The van der Waals surface area contributed by atoms with E-state index in [2.05, 4.69) is 76.6 Å². The average molecular weight is 434 g/mol. The van der Waals surface area contributed by atoms with Crippen molar-refractivity contribution >= 4 is 11.9 Å². The van der Waals surface area contributed by atoms with Crippen LogP contribution >= 0.6 is 0 Å². The molecular weight excluding hydrogens is 398 g/mol. The maximum absolute atomic E-state index is 11.9. The van der Waals surface area contributed by atoms with Crippen molar-refractivity contribution in [1.82, 2.24) is 20.0 Å². The van der Waals surface area contributed by atoms with Gasteiger partial charge in [-0.25, -0.2) is 4.99 Å². The Bertz CT molecular complexity index is 905. The minimum atomic E-state index is 0.272. The van der Waals surface area contributed by atoms with E-state index in [4.69, 9.17) is 4.99 Å². The molecule has 0 atom stereocenters. The van der Waals surface area contributed by atoms with Crippen LogP contribution in [0.25, 0.3) is 0 Å². The molecule has 4 rings (SSSR count). The summed E-state index contributed by atoms with van der Waals surface area (Å²) >= 11 is 0. The summed E-state index contributed by atoms with van der Waals surface area (Å²) in [6, 6.07) is 19.2. The Morgan fingerprint density at radius 2 is 1.66 bits per heavy atom. The molecule has 0 aromatic heterocycles. The normalized spacial score (nSPS) is 17.8. The van der Waals surface area contributed by atoms with Gasteiger partial charge < -0.3 is 15.1 Å². The van der Waals surface area contributed by atoms with E-state index in [9.17, 15) is 4.79 Å². The largest absolute Gasteiger partial charge is 0.357 e. The highest BCUT2D eigenvalue weighted by Gasteiger charge is 2.21. The summed E-state index contributed by atoms with van der Waals surface area (Å²) < 4.78 is 0. The van der Waals surface area contributed by atoms with Crippen LogP contribution in [0.2, 0.25) is 0 Å². The minimum Gasteiger partial charge on any atom is -0.357 e. The van der Waals surface area contributed by atoms with Gasteiger partial charge in [-0.3, -0.25) is 9.69 Å². The molecule has 32 heavy (non-hydrogen) atoms. The van der Waals surface area contributed by atoms with Crippen molar-refractivity contribution in [3.8, 4) is 0 Å². The van der Waals surface area contributed by atoms with Crippen LogP contribution in [0.1, 0.15) is 36.5 Å². The molecule has 6 heteroatoms. The predicted molar refractivity (Wildman–Crippen MR) is 129 cm³/mol. The van der Waals surface area contributed by atoms with Gasteiger partial charge in [-0.15, -0.1) is 0 Å². The van der Waals surface area contributed by atoms with Gasteiger partial charge in [-0.1, -0.05) is 54.6 Å². The molecule has 2 aromatic carbocycles. The Morgan fingerprint density at radius 1 is 0.906 bits per heavy atom. The first kappa shape index (κ1) is 22.3. The summed E-state index contributed by atoms with van der Waals surface area (Å²) in [6.07, 6.45) is 1.67. The van der Waals surface area contributed by atoms with E-state index >= 15 is 0 Å². The monoisotopic (exact) mass is 433 g/mol. The van der Waals surface area contributed by atoms with Gasteiger partial charge in [-0.2, -0.15) is 0 Å². The molecule has 2 heterocycles. The lowest BCUT2D eigenvalue weighted by atomic mass is 10.1. The average Bonchev–Trinajstić information content (AvgIpc) is 3.22. The standard InChI is InChI=1S/C26H35N5O/c1-2-27-26(30-16-14-29(15-17-30)20-22-8-4-3-5-9-22)28-19-23-10-6-11-24(18-23)21-31-13-7-12-25(31)32/h3-6,8-11,18H,2,7,12-17,19-21H2,1H3,(H,27,28). The number of benzene rings is 2. The second kappa shape index (κ2) is 11.1. The lowest BCUT2D eigenvalue weighted by Gasteiger charge is -2.36. The van der Waals surface area contributed by atoms with E-state index in [0.29, 0.717) is 19.5 Å². The molecule has 0 unspecified atom stereocenters. The Hall–Kier alpha value is -2.86. The Morgan fingerprint density at radius 3 is 2.38 bits per heavy atom. The number of likely N-dealkylation sites (tertiary alicyclic amines) is 1. The van der Waals surface area contributed by atoms with Gasteiger partial charge in [-0.05, 0) is 30.0 Å². The number of rotatable bonds is 7. The van der Waals surface area contributed by atoms with Crippen LogP contribution in [0.4, 0.5) is 0 Å². The highest BCUT2D eigenvalue weighted by atomic mass is 16.2. The maximum Gasteiger partial charge on any atom is 0.222 e. The number of hydrogen-bond donors (Lipinski definition) is 1. The maximum atomic E-state index is 11.9. The fraction of sp³-hybridized carbons (Fsp3) is 0.462. The van der Waals surface area contributed by atoms with Crippen molar-refractivity contribution in [3.05, 3.63) is 71.3 Å². The van der Waals surface area contributed by atoms with E-state index in [0.717, 1.165) is 58.2 Å². The molecule has 0 spiro atoms. The third kappa shape index (κ3) is 6.10. The van der Waals surface area contributed by atoms with Gasteiger partial charge in [0.05, 0.1) is 6.54 Å².